The SMILES string of the molecule is CCC[C@H](NC(C)=O)C(=O)N1CCC2(CC1)CN(CCN(C)C)C(=O)O2. The highest BCUT2D eigenvalue weighted by molar-refractivity contribution is 5.87. The first-order chi connectivity index (χ1) is 12.3. The average Bonchev–Trinajstić information content (AvgIpc) is 2.87. The minimum Gasteiger partial charge on any atom is -0.441 e. The van der Waals surface area contributed by atoms with Gasteiger partial charge in [-0.05, 0) is 20.5 Å². The lowest BCUT2D eigenvalue weighted by Crippen LogP contribution is -2.54. The lowest BCUT2D eigenvalue weighted by Gasteiger charge is -2.38. The van der Waals surface area contributed by atoms with E-state index in [1.54, 1.807) is 9.80 Å². The Morgan fingerprint density at radius 3 is 2.50 bits per heavy atom. The molecule has 0 saturated carbocycles. The van der Waals surface area contributed by atoms with Crippen molar-refractivity contribution in [3.05, 3.63) is 0 Å². The molecule has 2 rings (SSSR count). The first kappa shape index (κ1) is 20.5. The van der Waals surface area contributed by atoms with Gasteiger partial charge in [-0.2, -0.15) is 0 Å². The number of hydrogen-bond donors (Lipinski definition) is 1. The third-order valence-electron chi connectivity index (χ3n) is 5.10. The van der Waals surface area contributed by atoms with Crippen LogP contribution in [0.15, 0.2) is 0 Å². The fourth-order valence-electron chi connectivity index (χ4n) is 3.59. The van der Waals surface area contributed by atoms with Crippen LogP contribution < -0.4 is 5.32 Å². The Morgan fingerprint density at radius 2 is 1.96 bits per heavy atom. The maximum atomic E-state index is 12.7. The Morgan fingerprint density at radius 1 is 1.31 bits per heavy atom. The largest absolute Gasteiger partial charge is 0.441 e. The molecule has 2 heterocycles. The van der Waals surface area contributed by atoms with Crippen LogP contribution >= 0.6 is 0 Å². The summed E-state index contributed by atoms with van der Waals surface area (Å²) < 4.78 is 5.70. The second-order valence-corrected chi connectivity index (χ2v) is 7.64. The van der Waals surface area contributed by atoms with Crippen molar-refractivity contribution in [2.75, 3.05) is 46.8 Å². The molecular formula is C18H32N4O4. The lowest BCUT2D eigenvalue weighted by atomic mass is 9.91. The third kappa shape index (κ3) is 5.09. The predicted octanol–water partition coefficient (Wildman–Crippen LogP) is 0.666. The van der Waals surface area contributed by atoms with Crippen molar-refractivity contribution in [3.8, 4) is 0 Å². The quantitative estimate of drug-likeness (QED) is 0.714. The average molecular weight is 368 g/mol. The Kier molecular flexibility index (Phi) is 6.86. The van der Waals surface area contributed by atoms with Gasteiger partial charge in [-0.15, -0.1) is 0 Å². The van der Waals surface area contributed by atoms with Crippen LogP contribution in [0.3, 0.4) is 0 Å². The van der Waals surface area contributed by atoms with E-state index in [4.69, 9.17) is 4.74 Å². The Labute approximate surface area is 155 Å². The molecule has 148 valence electrons. The van der Waals surface area contributed by atoms with Crippen LogP contribution in [-0.2, 0) is 14.3 Å². The Balaban J connectivity index is 1.90. The molecule has 1 spiro atoms. The number of likely N-dealkylation sites (tertiary alicyclic amines) is 1. The minimum atomic E-state index is -0.478. The zero-order chi connectivity index (χ0) is 19.3. The van der Waals surface area contributed by atoms with Gasteiger partial charge >= 0.3 is 6.09 Å². The van der Waals surface area contributed by atoms with Gasteiger partial charge in [0, 0.05) is 45.9 Å². The summed E-state index contributed by atoms with van der Waals surface area (Å²) in [6.45, 7) is 6.56. The van der Waals surface area contributed by atoms with Crippen molar-refractivity contribution < 1.29 is 19.1 Å². The van der Waals surface area contributed by atoms with Gasteiger partial charge in [-0.1, -0.05) is 13.3 Å². The van der Waals surface area contributed by atoms with E-state index < -0.39 is 11.6 Å². The molecule has 2 aliphatic rings. The van der Waals surface area contributed by atoms with E-state index >= 15 is 0 Å². The van der Waals surface area contributed by atoms with Gasteiger partial charge in [0.25, 0.3) is 0 Å². The van der Waals surface area contributed by atoms with Crippen molar-refractivity contribution in [1.29, 1.82) is 0 Å². The molecule has 1 N–H and O–H groups in total. The van der Waals surface area contributed by atoms with Gasteiger partial charge in [0.2, 0.25) is 11.8 Å². The lowest BCUT2D eigenvalue weighted by molar-refractivity contribution is -0.139. The molecule has 0 radical (unpaired) electrons. The minimum absolute atomic E-state index is 0.0364. The van der Waals surface area contributed by atoms with Crippen molar-refractivity contribution in [3.63, 3.8) is 0 Å². The van der Waals surface area contributed by atoms with Crippen LogP contribution in [-0.4, -0.2) is 91.1 Å². The highest BCUT2D eigenvalue weighted by Crippen LogP contribution is 2.33. The summed E-state index contributed by atoms with van der Waals surface area (Å²) in [5, 5.41) is 2.75. The van der Waals surface area contributed by atoms with Crippen molar-refractivity contribution in [1.82, 2.24) is 20.0 Å². The second-order valence-electron chi connectivity index (χ2n) is 7.64. The molecule has 0 aromatic heterocycles. The number of rotatable bonds is 7. The highest BCUT2D eigenvalue weighted by Gasteiger charge is 2.47. The first-order valence-corrected chi connectivity index (χ1v) is 9.45. The van der Waals surface area contributed by atoms with Crippen LogP contribution in [0.5, 0.6) is 0 Å². The number of likely N-dealkylation sites (N-methyl/N-ethyl adjacent to an activating group) is 1. The number of carbonyl (C=O) groups is 3. The predicted molar refractivity (Wildman–Crippen MR) is 97.7 cm³/mol. The molecule has 2 saturated heterocycles. The maximum absolute atomic E-state index is 12.7. The monoisotopic (exact) mass is 368 g/mol. The van der Waals surface area contributed by atoms with Gasteiger partial charge in [0.15, 0.2) is 0 Å². The maximum Gasteiger partial charge on any atom is 0.410 e. The van der Waals surface area contributed by atoms with Gasteiger partial charge in [0.05, 0.1) is 6.54 Å². The van der Waals surface area contributed by atoms with E-state index in [1.807, 2.05) is 25.9 Å². The van der Waals surface area contributed by atoms with Crippen LogP contribution in [0, 0.1) is 0 Å². The molecule has 8 nitrogen and oxygen atoms in total. The second kappa shape index (κ2) is 8.70. The molecule has 0 aromatic rings. The van der Waals surface area contributed by atoms with Crippen molar-refractivity contribution >= 4 is 17.9 Å². The summed E-state index contributed by atoms with van der Waals surface area (Å²) in [5.41, 5.74) is -0.478. The Bertz CT molecular complexity index is 529. The summed E-state index contributed by atoms with van der Waals surface area (Å²) in [4.78, 5) is 41.8. The van der Waals surface area contributed by atoms with Crippen LogP contribution in [0.4, 0.5) is 4.79 Å². The van der Waals surface area contributed by atoms with Gasteiger partial charge in [-0.25, -0.2) is 4.79 Å². The van der Waals surface area contributed by atoms with E-state index in [0.717, 1.165) is 13.0 Å². The fourth-order valence-corrected chi connectivity index (χ4v) is 3.59. The van der Waals surface area contributed by atoms with E-state index in [-0.39, 0.29) is 17.9 Å². The van der Waals surface area contributed by atoms with E-state index in [0.29, 0.717) is 45.4 Å². The summed E-state index contributed by atoms with van der Waals surface area (Å²) >= 11 is 0. The summed E-state index contributed by atoms with van der Waals surface area (Å²) in [6, 6.07) is -0.464. The van der Waals surface area contributed by atoms with Gasteiger partial charge < -0.3 is 24.8 Å². The number of nitrogens with one attached hydrogen (secondary N) is 1. The van der Waals surface area contributed by atoms with Crippen molar-refractivity contribution in [2.45, 2.75) is 51.2 Å². The zero-order valence-electron chi connectivity index (χ0n) is 16.4. The molecule has 0 aliphatic carbocycles. The number of piperidine rings is 1. The molecular weight excluding hydrogens is 336 g/mol. The summed E-state index contributed by atoms with van der Waals surface area (Å²) in [7, 11) is 3.95. The summed E-state index contributed by atoms with van der Waals surface area (Å²) in [6.07, 6.45) is 2.48. The molecule has 0 aromatic carbocycles. The topological polar surface area (TPSA) is 82.2 Å². The molecule has 3 amide bonds. The normalized spacial score (nSPS) is 20.4. The molecule has 0 bridgehead atoms. The van der Waals surface area contributed by atoms with Crippen LogP contribution in [0.25, 0.3) is 0 Å². The molecule has 8 heteroatoms. The smallest absolute Gasteiger partial charge is 0.410 e. The molecule has 0 unspecified atom stereocenters. The zero-order valence-corrected chi connectivity index (χ0v) is 16.4. The van der Waals surface area contributed by atoms with E-state index in [9.17, 15) is 14.4 Å². The van der Waals surface area contributed by atoms with Gasteiger partial charge in [0.1, 0.15) is 11.6 Å². The number of nitrogens with zero attached hydrogens (tertiary/aromatic N) is 3. The van der Waals surface area contributed by atoms with Crippen LogP contribution in [0.1, 0.15) is 39.5 Å². The number of ether oxygens (including phenoxy) is 1. The molecule has 1 atom stereocenters. The standard InChI is InChI=1S/C18H32N4O4/c1-5-6-15(19-14(2)23)16(24)21-9-7-18(8-10-21)13-22(17(25)26-18)12-11-20(3)4/h15H,5-13H2,1-4H3,(H,19,23)/t15-/m0/s1. The molecule has 2 aliphatic heterocycles. The van der Waals surface area contributed by atoms with E-state index in [2.05, 4.69) is 5.32 Å². The Hall–Kier alpha value is -1.83. The number of hydrogen-bond acceptors (Lipinski definition) is 5. The van der Waals surface area contributed by atoms with Crippen molar-refractivity contribution in [2.24, 2.45) is 0 Å². The third-order valence-corrected chi connectivity index (χ3v) is 5.10. The molecule has 2 fully saturated rings. The number of amides is 3. The fraction of sp³-hybridized carbons (Fsp3) is 0.833. The highest BCUT2D eigenvalue weighted by atomic mass is 16.6. The number of carbonyl (C=O) groups excluding carboxylic acids is 3. The van der Waals surface area contributed by atoms with Crippen LogP contribution in [0.2, 0.25) is 0 Å². The first-order valence-electron chi connectivity index (χ1n) is 9.45. The van der Waals surface area contributed by atoms with E-state index in [1.165, 1.54) is 6.92 Å². The summed E-state index contributed by atoms with van der Waals surface area (Å²) in [5.74, 6) is -0.225. The molecule has 26 heavy (non-hydrogen) atoms. The van der Waals surface area contributed by atoms with Gasteiger partial charge in [-0.3, -0.25) is 9.59 Å².